The summed E-state index contributed by atoms with van der Waals surface area (Å²) in [7, 11) is 4.01. The smallest absolute Gasteiger partial charge is 0.260 e. The third-order valence-corrected chi connectivity index (χ3v) is 3.71. The number of hydrogen-bond donors (Lipinski definition) is 2. The van der Waals surface area contributed by atoms with Crippen molar-refractivity contribution in [2.24, 2.45) is 0 Å². The molecule has 0 aliphatic heterocycles. The zero-order chi connectivity index (χ0) is 16.4. The number of nitrogens with one attached hydrogen (secondary N) is 1. The molecule has 1 aliphatic rings. The van der Waals surface area contributed by atoms with Gasteiger partial charge in [0, 0.05) is 24.3 Å². The number of nitrogens with two attached hydrogens (primary N) is 1. The lowest BCUT2D eigenvalue weighted by atomic mass is 10.2. The second kappa shape index (κ2) is 6.34. The van der Waals surface area contributed by atoms with Crippen molar-refractivity contribution >= 4 is 17.4 Å². The third-order valence-electron chi connectivity index (χ3n) is 3.71. The van der Waals surface area contributed by atoms with Crippen LogP contribution in [0.1, 0.15) is 40.5 Å². The van der Waals surface area contributed by atoms with Crippen molar-refractivity contribution in [3.05, 3.63) is 47.4 Å². The molecule has 6 nitrogen and oxygen atoms in total. The fourth-order valence-corrected chi connectivity index (χ4v) is 2.43. The van der Waals surface area contributed by atoms with Gasteiger partial charge in [0.1, 0.15) is 17.2 Å². The van der Waals surface area contributed by atoms with Crippen LogP contribution in [0.15, 0.2) is 30.5 Å². The number of carbonyl (C=O) groups excluding carboxylic acids is 1. The average Bonchev–Trinajstić information content (AvgIpc) is 3.31. The summed E-state index contributed by atoms with van der Waals surface area (Å²) in [5.74, 6) is 1.11. The number of anilines is 2. The van der Waals surface area contributed by atoms with E-state index in [1.807, 2.05) is 38.4 Å². The van der Waals surface area contributed by atoms with E-state index in [2.05, 4.69) is 20.2 Å². The lowest BCUT2D eigenvalue weighted by Gasteiger charge is -2.12. The minimum absolute atomic E-state index is 0.240. The summed E-state index contributed by atoms with van der Waals surface area (Å²) in [5.41, 5.74) is 8.09. The van der Waals surface area contributed by atoms with Gasteiger partial charge in [0.15, 0.2) is 0 Å². The lowest BCUT2D eigenvalue weighted by molar-refractivity contribution is 0.102. The summed E-state index contributed by atoms with van der Waals surface area (Å²) in [6.07, 6.45) is 3.72. The van der Waals surface area contributed by atoms with Gasteiger partial charge < -0.3 is 16.0 Å². The molecular weight excluding hydrogens is 290 g/mol. The van der Waals surface area contributed by atoms with Gasteiger partial charge in [-0.15, -0.1) is 0 Å². The molecule has 0 atom stereocenters. The summed E-state index contributed by atoms with van der Waals surface area (Å²) in [6, 6.07) is 7.75. The second-order valence-corrected chi connectivity index (χ2v) is 6.19. The minimum atomic E-state index is -0.285. The van der Waals surface area contributed by atoms with Crippen molar-refractivity contribution < 1.29 is 4.79 Å². The molecule has 3 N–H and O–H groups in total. The minimum Gasteiger partial charge on any atom is -0.383 e. The number of amides is 1. The van der Waals surface area contributed by atoms with Gasteiger partial charge in [-0.05, 0) is 44.6 Å². The molecule has 1 amide bonds. The zero-order valence-corrected chi connectivity index (χ0v) is 13.4. The van der Waals surface area contributed by atoms with Crippen molar-refractivity contribution in [2.75, 3.05) is 25.1 Å². The van der Waals surface area contributed by atoms with E-state index < -0.39 is 0 Å². The zero-order valence-electron chi connectivity index (χ0n) is 13.4. The van der Waals surface area contributed by atoms with Crippen molar-refractivity contribution in [3.63, 3.8) is 0 Å². The highest BCUT2D eigenvalue weighted by atomic mass is 16.1. The van der Waals surface area contributed by atoms with E-state index in [0.29, 0.717) is 11.5 Å². The number of carbonyl (C=O) groups is 1. The number of benzene rings is 1. The van der Waals surface area contributed by atoms with Crippen LogP contribution >= 0.6 is 0 Å². The number of hydrogen-bond acceptors (Lipinski definition) is 5. The number of nitrogens with zero attached hydrogens (tertiary/aromatic N) is 3. The summed E-state index contributed by atoms with van der Waals surface area (Å²) >= 11 is 0. The molecule has 0 saturated heterocycles. The highest BCUT2D eigenvalue weighted by Crippen LogP contribution is 2.38. The van der Waals surface area contributed by atoms with Crippen molar-refractivity contribution in [3.8, 4) is 0 Å². The first-order chi connectivity index (χ1) is 11.0. The Labute approximate surface area is 135 Å². The molecule has 23 heavy (non-hydrogen) atoms. The number of nitrogen functional groups attached to an aromatic ring is 1. The Kier molecular flexibility index (Phi) is 4.25. The average molecular weight is 311 g/mol. The monoisotopic (exact) mass is 311 g/mol. The summed E-state index contributed by atoms with van der Waals surface area (Å²) in [4.78, 5) is 23.0. The van der Waals surface area contributed by atoms with Gasteiger partial charge in [0.2, 0.25) is 0 Å². The molecule has 1 heterocycles. The molecule has 3 rings (SSSR count). The van der Waals surface area contributed by atoms with Crippen LogP contribution in [0.5, 0.6) is 0 Å². The van der Waals surface area contributed by atoms with Crippen molar-refractivity contribution in [2.45, 2.75) is 25.3 Å². The molecule has 0 unspecified atom stereocenters. The van der Waals surface area contributed by atoms with Crippen LogP contribution in [0.3, 0.4) is 0 Å². The standard InChI is InChI=1S/C17H21N5O/c1-22(2)10-11-4-3-5-13(8-11)20-17(23)14-9-19-16(12-6-7-12)21-15(14)18/h3-5,8-9,12H,6-7,10H2,1-2H3,(H,20,23)(H2,18,19,21). The molecule has 120 valence electrons. The molecular formula is C17H21N5O. The van der Waals surface area contributed by atoms with Crippen LogP contribution in [0.2, 0.25) is 0 Å². The maximum Gasteiger partial charge on any atom is 0.260 e. The van der Waals surface area contributed by atoms with E-state index in [1.165, 1.54) is 6.20 Å². The Hall–Kier alpha value is -2.47. The Morgan fingerprint density at radius 2 is 2.17 bits per heavy atom. The SMILES string of the molecule is CN(C)Cc1cccc(NC(=O)c2cnc(C3CC3)nc2N)c1. The van der Waals surface area contributed by atoms with Crippen LogP contribution in [-0.2, 0) is 6.54 Å². The van der Waals surface area contributed by atoms with Gasteiger partial charge in [-0.25, -0.2) is 9.97 Å². The molecule has 6 heteroatoms. The Morgan fingerprint density at radius 3 is 2.83 bits per heavy atom. The van der Waals surface area contributed by atoms with Gasteiger partial charge in [-0.3, -0.25) is 4.79 Å². The molecule has 1 fully saturated rings. The first kappa shape index (κ1) is 15.4. The van der Waals surface area contributed by atoms with Gasteiger partial charge in [0.25, 0.3) is 5.91 Å². The van der Waals surface area contributed by atoms with Crippen LogP contribution in [0, 0.1) is 0 Å². The van der Waals surface area contributed by atoms with Gasteiger partial charge in [-0.2, -0.15) is 0 Å². The Morgan fingerprint density at radius 1 is 1.39 bits per heavy atom. The van der Waals surface area contributed by atoms with E-state index >= 15 is 0 Å². The summed E-state index contributed by atoms with van der Waals surface area (Å²) < 4.78 is 0. The lowest BCUT2D eigenvalue weighted by Crippen LogP contribution is -2.16. The predicted molar refractivity (Wildman–Crippen MR) is 90.2 cm³/mol. The molecule has 1 aromatic heterocycles. The van der Waals surface area contributed by atoms with Crippen LogP contribution < -0.4 is 11.1 Å². The first-order valence-electron chi connectivity index (χ1n) is 7.70. The van der Waals surface area contributed by atoms with Crippen LogP contribution in [-0.4, -0.2) is 34.9 Å². The van der Waals surface area contributed by atoms with Gasteiger partial charge in [-0.1, -0.05) is 12.1 Å². The largest absolute Gasteiger partial charge is 0.383 e. The molecule has 1 saturated carbocycles. The Bertz CT molecular complexity index is 725. The third kappa shape index (κ3) is 3.84. The van der Waals surface area contributed by atoms with Crippen LogP contribution in [0.4, 0.5) is 11.5 Å². The second-order valence-electron chi connectivity index (χ2n) is 6.19. The fraction of sp³-hybridized carbons (Fsp3) is 0.353. The predicted octanol–water partition coefficient (Wildman–Crippen LogP) is 2.25. The van der Waals surface area contributed by atoms with E-state index in [-0.39, 0.29) is 11.7 Å². The van der Waals surface area contributed by atoms with Crippen molar-refractivity contribution in [1.82, 2.24) is 14.9 Å². The quantitative estimate of drug-likeness (QED) is 0.885. The normalized spacial score (nSPS) is 14.0. The maximum absolute atomic E-state index is 12.4. The Balaban J connectivity index is 1.73. The summed E-state index contributed by atoms with van der Waals surface area (Å²) in [6.45, 7) is 0.811. The molecule has 0 radical (unpaired) electrons. The first-order valence-corrected chi connectivity index (χ1v) is 7.70. The van der Waals surface area contributed by atoms with E-state index in [4.69, 9.17) is 5.73 Å². The highest BCUT2D eigenvalue weighted by molar-refractivity contribution is 6.06. The topological polar surface area (TPSA) is 84.1 Å². The molecule has 2 aromatic rings. The van der Waals surface area contributed by atoms with Crippen molar-refractivity contribution in [1.29, 1.82) is 0 Å². The number of aromatic nitrogens is 2. The molecule has 0 bridgehead atoms. The summed E-state index contributed by atoms with van der Waals surface area (Å²) in [5, 5.41) is 2.86. The maximum atomic E-state index is 12.4. The van der Waals surface area contributed by atoms with Gasteiger partial charge in [0.05, 0.1) is 0 Å². The van der Waals surface area contributed by atoms with E-state index in [1.54, 1.807) is 0 Å². The highest BCUT2D eigenvalue weighted by Gasteiger charge is 2.27. The molecule has 0 spiro atoms. The van der Waals surface area contributed by atoms with E-state index in [0.717, 1.165) is 36.5 Å². The van der Waals surface area contributed by atoms with Gasteiger partial charge >= 0.3 is 0 Å². The number of rotatable bonds is 5. The molecule has 1 aliphatic carbocycles. The fourth-order valence-electron chi connectivity index (χ4n) is 2.43. The van der Waals surface area contributed by atoms with Crippen LogP contribution in [0.25, 0.3) is 0 Å². The van der Waals surface area contributed by atoms with E-state index in [9.17, 15) is 4.79 Å². The molecule has 1 aromatic carbocycles.